The van der Waals surface area contributed by atoms with Gasteiger partial charge in [-0.2, -0.15) is 0 Å². The van der Waals surface area contributed by atoms with E-state index in [4.69, 9.17) is 16.7 Å². The number of anilines is 1. The summed E-state index contributed by atoms with van der Waals surface area (Å²) in [5, 5.41) is 8.70. The van der Waals surface area contributed by atoms with Crippen molar-refractivity contribution >= 4 is 27.3 Å². The van der Waals surface area contributed by atoms with Gasteiger partial charge in [-0.05, 0) is 30.3 Å². The van der Waals surface area contributed by atoms with Crippen molar-refractivity contribution in [1.82, 2.24) is 0 Å². The van der Waals surface area contributed by atoms with Crippen molar-refractivity contribution in [3.05, 3.63) is 59.1 Å². The first-order valence-electron chi connectivity index (χ1n) is 6.00. The number of aliphatic hydroxyl groups is 1. The molecule has 0 aliphatic heterocycles. The molecule has 0 radical (unpaired) electrons. The van der Waals surface area contributed by atoms with Crippen molar-refractivity contribution in [1.29, 1.82) is 0 Å². The van der Waals surface area contributed by atoms with E-state index in [0.717, 1.165) is 0 Å². The molecule has 2 aromatic carbocycles. The lowest BCUT2D eigenvalue weighted by Crippen LogP contribution is -2.13. The summed E-state index contributed by atoms with van der Waals surface area (Å²) < 4.78 is 27.0. The lowest BCUT2D eigenvalue weighted by molar-refractivity contribution is 0.350. The van der Waals surface area contributed by atoms with Gasteiger partial charge in [0.2, 0.25) is 0 Å². The topological polar surface area (TPSA) is 66.4 Å². The summed E-state index contributed by atoms with van der Waals surface area (Å²) in [6.07, 6.45) is 0. The van der Waals surface area contributed by atoms with E-state index in [0.29, 0.717) is 11.3 Å². The Kier molecular flexibility index (Phi) is 4.86. The normalized spacial score (nSPS) is 10.6. The number of hydrogen-bond acceptors (Lipinski definition) is 3. The average Bonchev–Trinajstić information content (AvgIpc) is 2.45. The average molecular weight is 322 g/mol. The smallest absolute Gasteiger partial charge is 0.263 e. The molecule has 0 aromatic heterocycles. The zero-order valence-electron chi connectivity index (χ0n) is 10.9. The van der Waals surface area contributed by atoms with Gasteiger partial charge >= 0.3 is 0 Å². The molecule has 0 fully saturated rings. The Labute approximate surface area is 128 Å². The molecule has 0 aliphatic rings. The van der Waals surface area contributed by atoms with Gasteiger partial charge in [0.15, 0.2) is 0 Å². The third-order valence-corrected chi connectivity index (χ3v) is 4.42. The Morgan fingerprint density at radius 1 is 1.14 bits per heavy atom. The molecular formula is C15H12ClNO3S. The van der Waals surface area contributed by atoms with Crippen molar-refractivity contribution in [2.75, 3.05) is 11.3 Å². The highest BCUT2D eigenvalue weighted by molar-refractivity contribution is 7.92. The van der Waals surface area contributed by atoms with Crippen LogP contribution in [0.2, 0.25) is 5.02 Å². The molecule has 0 spiro atoms. The zero-order valence-corrected chi connectivity index (χ0v) is 12.4. The van der Waals surface area contributed by atoms with Crippen LogP contribution in [-0.4, -0.2) is 20.1 Å². The molecule has 2 N–H and O–H groups in total. The Morgan fingerprint density at radius 3 is 2.48 bits per heavy atom. The lowest BCUT2D eigenvalue weighted by atomic mass is 10.2. The number of halogens is 1. The molecule has 0 saturated heterocycles. The van der Waals surface area contributed by atoms with Crippen LogP contribution in [0, 0.1) is 11.8 Å². The van der Waals surface area contributed by atoms with Gasteiger partial charge in [-0.3, -0.25) is 4.72 Å². The molecule has 2 rings (SSSR count). The minimum Gasteiger partial charge on any atom is -0.384 e. The Balaban J connectivity index is 2.32. The fourth-order valence-corrected chi connectivity index (χ4v) is 3.26. The number of para-hydroxylation sites is 1. The summed E-state index contributed by atoms with van der Waals surface area (Å²) >= 11 is 6.01. The van der Waals surface area contributed by atoms with Gasteiger partial charge in [-0.25, -0.2) is 8.42 Å². The van der Waals surface area contributed by atoms with Gasteiger partial charge in [-0.1, -0.05) is 41.6 Å². The van der Waals surface area contributed by atoms with Crippen LogP contribution in [0.1, 0.15) is 5.56 Å². The number of benzene rings is 2. The molecule has 0 bridgehead atoms. The van der Waals surface area contributed by atoms with Crippen LogP contribution in [0.25, 0.3) is 0 Å². The Hall–Kier alpha value is -2.00. The molecule has 0 unspecified atom stereocenters. The molecule has 0 heterocycles. The van der Waals surface area contributed by atoms with E-state index in [1.54, 1.807) is 30.3 Å². The first-order valence-corrected chi connectivity index (χ1v) is 7.86. The molecule has 2 aromatic rings. The van der Waals surface area contributed by atoms with Crippen LogP contribution >= 0.6 is 11.6 Å². The van der Waals surface area contributed by atoms with E-state index < -0.39 is 10.0 Å². The Morgan fingerprint density at radius 2 is 1.86 bits per heavy atom. The molecule has 0 aliphatic carbocycles. The van der Waals surface area contributed by atoms with Gasteiger partial charge in [0.1, 0.15) is 11.5 Å². The maximum Gasteiger partial charge on any atom is 0.263 e. The quantitative estimate of drug-likeness (QED) is 0.854. The first-order chi connectivity index (χ1) is 10.0. The highest BCUT2D eigenvalue weighted by atomic mass is 35.5. The highest BCUT2D eigenvalue weighted by Crippen LogP contribution is 2.24. The molecule has 108 valence electrons. The maximum atomic E-state index is 12.3. The second-order valence-electron chi connectivity index (χ2n) is 4.08. The van der Waals surface area contributed by atoms with Gasteiger partial charge < -0.3 is 5.11 Å². The SMILES string of the molecule is O=S(=O)(Nc1ccccc1)c1ccc(C#CCO)cc1Cl. The molecule has 0 amide bonds. The molecule has 21 heavy (non-hydrogen) atoms. The number of sulfonamides is 1. The van der Waals surface area contributed by atoms with Crippen molar-refractivity contribution in [3.8, 4) is 11.8 Å². The lowest BCUT2D eigenvalue weighted by Gasteiger charge is -2.09. The zero-order chi connectivity index (χ0) is 15.3. The van der Waals surface area contributed by atoms with E-state index in [-0.39, 0.29) is 16.5 Å². The predicted molar refractivity (Wildman–Crippen MR) is 82.7 cm³/mol. The number of rotatable bonds is 3. The van der Waals surface area contributed by atoms with Crippen LogP contribution in [0.4, 0.5) is 5.69 Å². The third-order valence-electron chi connectivity index (χ3n) is 2.56. The summed E-state index contributed by atoms with van der Waals surface area (Å²) in [7, 11) is -3.76. The van der Waals surface area contributed by atoms with E-state index in [1.807, 2.05) is 0 Å². The van der Waals surface area contributed by atoms with E-state index >= 15 is 0 Å². The Bertz CT molecular complexity index is 793. The minimum atomic E-state index is -3.76. The molecule has 6 heteroatoms. The van der Waals surface area contributed by atoms with E-state index in [1.165, 1.54) is 18.2 Å². The standard InChI is InChI=1S/C15H12ClNO3S/c16-14-11-12(5-4-10-18)8-9-15(14)21(19,20)17-13-6-2-1-3-7-13/h1-3,6-9,11,17-18H,10H2. The number of aliphatic hydroxyl groups excluding tert-OH is 1. The van der Waals surface area contributed by atoms with Crippen LogP contribution in [0.15, 0.2) is 53.4 Å². The van der Waals surface area contributed by atoms with Gasteiger partial charge in [0.25, 0.3) is 10.0 Å². The fraction of sp³-hybridized carbons (Fsp3) is 0.0667. The van der Waals surface area contributed by atoms with Crippen molar-refractivity contribution < 1.29 is 13.5 Å². The van der Waals surface area contributed by atoms with Gasteiger partial charge in [0, 0.05) is 11.3 Å². The van der Waals surface area contributed by atoms with E-state index in [9.17, 15) is 8.42 Å². The van der Waals surface area contributed by atoms with Gasteiger partial charge in [-0.15, -0.1) is 0 Å². The largest absolute Gasteiger partial charge is 0.384 e. The summed E-state index contributed by atoms with van der Waals surface area (Å²) in [4.78, 5) is -0.0254. The number of hydrogen-bond donors (Lipinski definition) is 2. The summed E-state index contributed by atoms with van der Waals surface area (Å²) in [6.45, 7) is -0.271. The molecule has 4 nitrogen and oxygen atoms in total. The van der Waals surface area contributed by atoms with Crippen LogP contribution in [-0.2, 0) is 10.0 Å². The molecular weight excluding hydrogens is 310 g/mol. The van der Waals surface area contributed by atoms with Crippen molar-refractivity contribution in [2.45, 2.75) is 4.90 Å². The summed E-state index contributed by atoms with van der Waals surface area (Å²) in [5.74, 6) is 5.14. The van der Waals surface area contributed by atoms with Crippen LogP contribution < -0.4 is 4.72 Å². The third kappa shape index (κ3) is 3.99. The summed E-state index contributed by atoms with van der Waals surface area (Å²) in [6, 6.07) is 12.9. The predicted octanol–water partition coefficient (Wildman–Crippen LogP) is 2.48. The summed E-state index contributed by atoms with van der Waals surface area (Å²) in [5.41, 5.74) is 0.991. The minimum absolute atomic E-state index is 0.0254. The van der Waals surface area contributed by atoms with Crippen molar-refractivity contribution in [2.24, 2.45) is 0 Å². The molecule has 0 atom stereocenters. The van der Waals surface area contributed by atoms with Crippen LogP contribution in [0.3, 0.4) is 0 Å². The number of nitrogens with one attached hydrogen (secondary N) is 1. The van der Waals surface area contributed by atoms with E-state index in [2.05, 4.69) is 16.6 Å². The van der Waals surface area contributed by atoms with Crippen molar-refractivity contribution in [3.63, 3.8) is 0 Å². The molecule has 0 saturated carbocycles. The van der Waals surface area contributed by atoms with Crippen LogP contribution in [0.5, 0.6) is 0 Å². The second kappa shape index (κ2) is 6.64. The van der Waals surface area contributed by atoms with Gasteiger partial charge in [0.05, 0.1) is 5.02 Å². The maximum absolute atomic E-state index is 12.3. The highest BCUT2D eigenvalue weighted by Gasteiger charge is 2.18. The first kappa shape index (κ1) is 15.4. The second-order valence-corrected chi connectivity index (χ2v) is 6.13. The fourth-order valence-electron chi connectivity index (χ4n) is 1.65. The monoisotopic (exact) mass is 321 g/mol.